The predicted octanol–water partition coefficient (Wildman–Crippen LogP) is 2.80. The van der Waals surface area contributed by atoms with Gasteiger partial charge >= 0.3 is 5.97 Å². The van der Waals surface area contributed by atoms with Crippen LogP contribution in [0, 0.1) is 5.92 Å². The second kappa shape index (κ2) is 13.0. The van der Waals surface area contributed by atoms with E-state index in [1.165, 1.54) is 48.3 Å². The zero-order chi connectivity index (χ0) is 28.6. The van der Waals surface area contributed by atoms with Crippen molar-refractivity contribution in [2.24, 2.45) is 5.92 Å². The van der Waals surface area contributed by atoms with E-state index in [0.717, 1.165) is 0 Å². The predicted molar refractivity (Wildman–Crippen MR) is 147 cm³/mol. The molecule has 1 fully saturated rings. The third-order valence-corrected chi connectivity index (χ3v) is 6.90. The van der Waals surface area contributed by atoms with E-state index in [2.05, 4.69) is 26.2 Å². The van der Waals surface area contributed by atoms with E-state index in [0.29, 0.717) is 54.3 Å². The van der Waals surface area contributed by atoms with Crippen molar-refractivity contribution in [3.63, 3.8) is 0 Å². The maximum Gasteiger partial charge on any atom is 0.335 e. The van der Waals surface area contributed by atoms with Crippen LogP contribution in [0.15, 0.2) is 54.9 Å². The number of aromatic carboxylic acids is 1. The second-order valence-electron chi connectivity index (χ2n) is 9.41. The molecule has 0 aliphatic carbocycles. The number of tetrazole rings is 1. The van der Waals surface area contributed by atoms with Crippen molar-refractivity contribution in [3.8, 4) is 5.69 Å². The normalized spacial score (nSPS) is 14.6. The van der Waals surface area contributed by atoms with E-state index in [9.17, 15) is 19.2 Å². The minimum atomic E-state index is -1.07. The summed E-state index contributed by atoms with van der Waals surface area (Å²) in [4.78, 5) is 50.9. The Morgan fingerprint density at radius 1 is 1.12 bits per heavy atom. The van der Waals surface area contributed by atoms with Gasteiger partial charge in [-0.3, -0.25) is 14.4 Å². The number of carboxylic acid groups (broad SMARTS) is 1. The van der Waals surface area contributed by atoms with E-state index in [4.69, 9.17) is 16.7 Å². The number of aromatic nitrogens is 4. The number of likely N-dealkylation sites (tertiary alicyclic amines) is 1. The van der Waals surface area contributed by atoms with E-state index in [1.54, 1.807) is 29.2 Å². The third kappa shape index (κ3) is 7.50. The summed E-state index contributed by atoms with van der Waals surface area (Å²) in [6.07, 6.45) is 6.07. The summed E-state index contributed by atoms with van der Waals surface area (Å²) < 4.78 is 1.44. The van der Waals surface area contributed by atoms with Crippen LogP contribution in [0.5, 0.6) is 0 Å². The molecule has 2 aromatic carbocycles. The SMILES string of the molecule is CC(=O)N1CCC(C[C@H](NC(=O)C=Cc2cc(Cl)ccc2-n2cnnn2)C(=O)Nc2ccc(C(=O)O)cc2)CC1. The molecule has 0 bridgehead atoms. The van der Waals surface area contributed by atoms with Gasteiger partial charge in [0.2, 0.25) is 17.7 Å². The van der Waals surface area contributed by atoms with Crippen LogP contribution in [-0.2, 0) is 14.4 Å². The molecule has 2 heterocycles. The van der Waals surface area contributed by atoms with Crippen molar-refractivity contribution in [2.75, 3.05) is 18.4 Å². The topological polar surface area (TPSA) is 159 Å². The number of halogens is 1. The maximum absolute atomic E-state index is 13.3. The molecule has 3 N–H and O–H groups in total. The highest BCUT2D eigenvalue weighted by Crippen LogP contribution is 2.24. The van der Waals surface area contributed by atoms with Crippen LogP contribution in [0.25, 0.3) is 11.8 Å². The van der Waals surface area contributed by atoms with Gasteiger partial charge in [-0.25, -0.2) is 4.79 Å². The highest BCUT2D eigenvalue weighted by molar-refractivity contribution is 6.30. The lowest BCUT2D eigenvalue weighted by Gasteiger charge is -2.33. The number of piperidine rings is 1. The Kier molecular flexibility index (Phi) is 9.23. The number of benzene rings is 2. The van der Waals surface area contributed by atoms with Crippen molar-refractivity contribution < 1.29 is 24.3 Å². The van der Waals surface area contributed by atoms with Crippen molar-refractivity contribution in [1.82, 2.24) is 30.4 Å². The Labute approximate surface area is 235 Å². The Morgan fingerprint density at radius 3 is 2.48 bits per heavy atom. The summed E-state index contributed by atoms with van der Waals surface area (Å²) >= 11 is 6.16. The minimum absolute atomic E-state index is 0.0121. The number of hydrogen-bond donors (Lipinski definition) is 3. The van der Waals surface area contributed by atoms with E-state index < -0.39 is 23.8 Å². The molecular weight excluding hydrogens is 538 g/mol. The first-order valence-corrected chi connectivity index (χ1v) is 13.0. The molecule has 13 heteroatoms. The van der Waals surface area contributed by atoms with Gasteiger partial charge in [0.15, 0.2) is 0 Å². The van der Waals surface area contributed by atoms with E-state index in [1.807, 2.05) is 0 Å². The molecule has 3 amide bonds. The van der Waals surface area contributed by atoms with Gasteiger partial charge in [-0.1, -0.05) is 11.6 Å². The second-order valence-corrected chi connectivity index (χ2v) is 9.85. The first-order valence-electron chi connectivity index (χ1n) is 12.6. The van der Waals surface area contributed by atoms with Gasteiger partial charge in [0.1, 0.15) is 12.4 Å². The van der Waals surface area contributed by atoms with Crippen molar-refractivity contribution in [2.45, 2.75) is 32.2 Å². The first kappa shape index (κ1) is 28.4. The lowest BCUT2D eigenvalue weighted by Crippen LogP contribution is -2.46. The van der Waals surface area contributed by atoms with Crippen LogP contribution in [0.1, 0.15) is 42.1 Å². The van der Waals surface area contributed by atoms with Gasteiger partial charge in [-0.15, -0.1) is 5.10 Å². The van der Waals surface area contributed by atoms with Gasteiger partial charge < -0.3 is 20.6 Å². The lowest BCUT2D eigenvalue weighted by molar-refractivity contribution is -0.130. The lowest BCUT2D eigenvalue weighted by atomic mass is 9.89. The summed E-state index contributed by atoms with van der Waals surface area (Å²) in [6, 6.07) is 9.94. The Bertz CT molecular complexity index is 1400. The van der Waals surface area contributed by atoms with Crippen molar-refractivity contribution >= 4 is 47.1 Å². The highest BCUT2D eigenvalue weighted by Gasteiger charge is 2.28. The summed E-state index contributed by atoms with van der Waals surface area (Å²) in [5.41, 5.74) is 1.69. The minimum Gasteiger partial charge on any atom is -0.478 e. The largest absolute Gasteiger partial charge is 0.478 e. The number of carboxylic acids is 1. The Hall–Kier alpha value is -4.58. The molecule has 1 aliphatic heterocycles. The van der Waals surface area contributed by atoms with Crippen LogP contribution in [-0.4, -0.2) is 73.0 Å². The van der Waals surface area contributed by atoms with Crippen LogP contribution in [0.2, 0.25) is 5.02 Å². The molecule has 0 saturated carbocycles. The van der Waals surface area contributed by atoms with Gasteiger partial charge in [-0.05, 0) is 84.1 Å². The van der Waals surface area contributed by atoms with Crippen LogP contribution in [0.4, 0.5) is 5.69 Å². The van der Waals surface area contributed by atoms with E-state index >= 15 is 0 Å². The fraction of sp³-hybridized carbons (Fsp3) is 0.296. The Balaban J connectivity index is 1.49. The van der Waals surface area contributed by atoms with Gasteiger partial charge in [0.25, 0.3) is 0 Å². The molecule has 12 nitrogen and oxygen atoms in total. The molecule has 4 rings (SSSR count). The van der Waals surface area contributed by atoms with Crippen LogP contribution < -0.4 is 10.6 Å². The quantitative estimate of drug-likeness (QED) is 0.334. The van der Waals surface area contributed by atoms with Gasteiger partial charge in [0.05, 0.1) is 11.3 Å². The number of carbonyl (C=O) groups is 4. The molecule has 40 heavy (non-hydrogen) atoms. The number of amides is 3. The summed E-state index contributed by atoms with van der Waals surface area (Å²) in [5, 5.41) is 26.3. The van der Waals surface area contributed by atoms with E-state index in [-0.39, 0.29) is 17.4 Å². The standard InChI is InChI=1S/C27H28ClN7O5/c1-17(36)34-12-10-18(11-13-34)14-23(26(38)30-22-6-2-19(3-7-22)27(39)40)31-25(37)9-4-20-15-21(28)5-8-24(20)35-16-29-32-33-35/h2-9,15-16,18,23H,10-14H2,1H3,(H,30,38)(H,31,37)(H,39,40)/t23-/m0/s1. The number of carbonyl (C=O) groups excluding carboxylic acids is 3. The van der Waals surface area contributed by atoms with Crippen LogP contribution in [0.3, 0.4) is 0 Å². The fourth-order valence-electron chi connectivity index (χ4n) is 4.50. The molecule has 0 spiro atoms. The first-order chi connectivity index (χ1) is 19.2. The monoisotopic (exact) mass is 565 g/mol. The Morgan fingerprint density at radius 2 is 1.85 bits per heavy atom. The molecule has 0 radical (unpaired) electrons. The fourth-order valence-corrected chi connectivity index (χ4v) is 4.68. The number of anilines is 1. The number of rotatable bonds is 9. The molecule has 0 unspecified atom stereocenters. The number of nitrogens with zero attached hydrogens (tertiary/aromatic N) is 5. The van der Waals surface area contributed by atoms with Crippen molar-refractivity contribution in [3.05, 3.63) is 71.0 Å². The van der Waals surface area contributed by atoms with Crippen LogP contribution >= 0.6 is 11.6 Å². The van der Waals surface area contributed by atoms with Gasteiger partial charge in [-0.2, -0.15) is 4.68 Å². The molecular formula is C27H28ClN7O5. The molecule has 1 aromatic heterocycles. The highest BCUT2D eigenvalue weighted by atomic mass is 35.5. The average Bonchev–Trinajstić information content (AvgIpc) is 3.47. The average molecular weight is 566 g/mol. The molecule has 1 atom stereocenters. The maximum atomic E-state index is 13.3. The summed E-state index contributed by atoms with van der Waals surface area (Å²) in [5.74, 6) is -1.88. The number of nitrogens with one attached hydrogen (secondary N) is 2. The summed E-state index contributed by atoms with van der Waals surface area (Å²) in [7, 11) is 0. The van der Waals surface area contributed by atoms with Crippen molar-refractivity contribution in [1.29, 1.82) is 0 Å². The molecule has 208 valence electrons. The zero-order valence-electron chi connectivity index (χ0n) is 21.7. The number of hydrogen-bond acceptors (Lipinski definition) is 7. The molecule has 1 saturated heterocycles. The molecule has 1 aliphatic rings. The third-order valence-electron chi connectivity index (χ3n) is 6.66. The van der Waals surface area contributed by atoms with Gasteiger partial charge in [0, 0.05) is 42.4 Å². The summed E-state index contributed by atoms with van der Waals surface area (Å²) in [6.45, 7) is 2.71. The molecule has 3 aromatic rings. The zero-order valence-corrected chi connectivity index (χ0v) is 22.4. The smallest absolute Gasteiger partial charge is 0.335 e.